The van der Waals surface area contributed by atoms with Gasteiger partial charge >= 0.3 is 0 Å². The molecule has 8 N–H and O–H groups in total. The molecule has 0 saturated carbocycles. The summed E-state index contributed by atoms with van der Waals surface area (Å²) in [7, 11) is 0. The van der Waals surface area contributed by atoms with Crippen molar-refractivity contribution in [3.05, 3.63) is 0 Å². The Morgan fingerprint density at radius 2 is 0.722 bits per heavy atom. The van der Waals surface area contributed by atoms with Gasteiger partial charge in [0.15, 0.2) is 6.29 Å². The maximum absolute atomic E-state index is 13.2. The van der Waals surface area contributed by atoms with Crippen LogP contribution >= 0.6 is 0 Å². The molecule has 11 heteroatoms. The van der Waals surface area contributed by atoms with Gasteiger partial charge in [0, 0.05) is 0 Å². The fourth-order valence-electron chi connectivity index (χ4n) is 10.6. The van der Waals surface area contributed by atoms with Crippen molar-refractivity contribution >= 4 is 5.91 Å². The number of aliphatic hydroxyl groups is 7. The van der Waals surface area contributed by atoms with Crippen molar-refractivity contribution in [1.82, 2.24) is 5.32 Å². The lowest BCUT2D eigenvalue weighted by Crippen LogP contribution is -2.60. The standard InChI is InChI=1S/C61H121NO10/c1-3-5-7-9-11-13-15-17-19-21-23-25-27-29-30-32-34-36-38-40-42-44-46-48-53(64)56(66)52(51-71-61-59(69)58(68)57(67)55(50-63)72-61)62-60(70)54(65)49-47-45-43-41-39-37-35-33-31-28-26-24-22-20-18-16-14-12-10-8-6-4-2/h52-59,61,63-69H,3-51H2,1-2H3,(H,62,70). The largest absolute Gasteiger partial charge is 0.394 e. The molecule has 0 radical (unpaired) electrons. The minimum atomic E-state index is -1.66. The van der Waals surface area contributed by atoms with E-state index >= 15 is 0 Å². The Balaban J connectivity index is 2.26. The molecule has 0 aromatic carbocycles. The van der Waals surface area contributed by atoms with Crippen LogP contribution in [0.5, 0.6) is 0 Å². The first kappa shape index (κ1) is 69.1. The van der Waals surface area contributed by atoms with Crippen molar-refractivity contribution in [2.75, 3.05) is 13.2 Å². The molecular formula is C61H121NO10. The minimum absolute atomic E-state index is 0.267. The highest BCUT2D eigenvalue weighted by molar-refractivity contribution is 5.80. The van der Waals surface area contributed by atoms with Crippen LogP contribution in [-0.2, 0) is 14.3 Å². The highest BCUT2D eigenvalue weighted by atomic mass is 16.7. The van der Waals surface area contributed by atoms with Crippen molar-refractivity contribution in [3.8, 4) is 0 Å². The van der Waals surface area contributed by atoms with Crippen LogP contribution in [0.2, 0.25) is 0 Å². The molecule has 1 fully saturated rings. The van der Waals surface area contributed by atoms with Gasteiger partial charge in [-0.3, -0.25) is 4.79 Å². The van der Waals surface area contributed by atoms with Crippen LogP contribution in [0, 0.1) is 0 Å². The molecule has 0 spiro atoms. The lowest BCUT2D eigenvalue weighted by atomic mass is 9.98. The van der Waals surface area contributed by atoms with Crippen LogP contribution in [0.15, 0.2) is 0 Å². The van der Waals surface area contributed by atoms with Crippen LogP contribution in [0.1, 0.15) is 316 Å². The van der Waals surface area contributed by atoms with Crippen LogP contribution in [0.25, 0.3) is 0 Å². The molecule has 1 aliphatic heterocycles. The van der Waals surface area contributed by atoms with Crippen LogP contribution < -0.4 is 5.32 Å². The number of carbonyl (C=O) groups excluding carboxylic acids is 1. The molecule has 11 nitrogen and oxygen atoms in total. The van der Waals surface area contributed by atoms with Gasteiger partial charge in [-0.1, -0.05) is 303 Å². The normalized spacial score (nSPS) is 19.9. The number of rotatable bonds is 55. The summed E-state index contributed by atoms with van der Waals surface area (Å²) in [4.78, 5) is 13.2. The Bertz CT molecular complexity index is 1130. The first-order valence-corrected chi connectivity index (χ1v) is 31.4. The Labute approximate surface area is 443 Å². The predicted octanol–water partition coefficient (Wildman–Crippen LogP) is 13.7. The van der Waals surface area contributed by atoms with Crippen LogP contribution in [0.3, 0.4) is 0 Å². The highest BCUT2D eigenvalue weighted by Gasteiger charge is 2.44. The molecule has 1 rings (SSSR count). The second-order valence-corrected chi connectivity index (χ2v) is 22.5. The van der Waals surface area contributed by atoms with Crippen molar-refractivity contribution in [3.63, 3.8) is 0 Å². The maximum Gasteiger partial charge on any atom is 0.249 e. The molecule has 0 aliphatic carbocycles. The molecule has 0 bridgehead atoms. The third-order valence-corrected chi connectivity index (χ3v) is 15.7. The van der Waals surface area contributed by atoms with Gasteiger partial charge in [0.05, 0.1) is 25.4 Å². The van der Waals surface area contributed by atoms with Crippen molar-refractivity contribution in [2.45, 2.75) is 371 Å². The number of hydrogen-bond donors (Lipinski definition) is 8. The Kier molecular flexibility index (Phi) is 48.9. The van der Waals surface area contributed by atoms with Gasteiger partial charge in [-0.25, -0.2) is 0 Å². The number of ether oxygens (including phenoxy) is 2. The summed E-state index contributed by atoms with van der Waals surface area (Å²) >= 11 is 0. The average molecular weight is 1030 g/mol. The summed E-state index contributed by atoms with van der Waals surface area (Å²) in [6.45, 7) is 3.51. The molecule has 430 valence electrons. The van der Waals surface area contributed by atoms with E-state index < -0.39 is 74.2 Å². The van der Waals surface area contributed by atoms with Crippen molar-refractivity contribution < 1.29 is 50.0 Å². The maximum atomic E-state index is 13.2. The SMILES string of the molecule is CCCCCCCCCCCCCCCCCCCCCCCCCC(O)C(O)C(COC1OC(CO)C(O)C(O)C1O)NC(=O)C(O)CCCCCCCCCCCCCCCCCCCCCCCC. The molecule has 72 heavy (non-hydrogen) atoms. The first-order chi connectivity index (χ1) is 35.2. The topological polar surface area (TPSA) is 189 Å². The third-order valence-electron chi connectivity index (χ3n) is 15.7. The average Bonchev–Trinajstić information content (AvgIpc) is 3.38. The fraction of sp³-hybridized carbons (Fsp3) is 0.984. The molecule has 1 saturated heterocycles. The molecule has 0 aromatic heterocycles. The highest BCUT2D eigenvalue weighted by Crippen LogP contribution is 2.24. The molecule has 1 amide bonds. The van der Waals surface area contributed by atoms with E-state index in [0.717, 1.165) is 38.5 Å². The number of amides is 1. The summed E-state index contributed by atoms with van der Waals surface area (Å²) in [5.41, 5.74) is 0. The second kappa shape index (κ2) is 50.9. The van der Waals surface area contributed by atoms with Gasteiger partial charge in [0.25, 0.3) is 0 Å². The lowest BCUT2D eigenvalue weighted by molar-refractivity contribution is -0.303. The van der Waals surface area contributed by atoms with E-state index in [4.69, 9.17) is 9.47 Å². The molecular weight excluding hydrogens is 907 g/mol. The Morgan fingerprint density at radius 3 is 1.03 bits per heavy atom. The van der Waals surface area contributed by atoms with Crippen LogP contribution in [-0.4, -0.2) is 110 Å². The zero-order valence-electron chi connectivity index (χ0n) is 47.2. The summed E-state index contributed by atoms with van der Waals surface area (Å²) in [5.74, 6) is -0.688. The zero-order valence-corrected chi connectivity index (χ0v) is 47.2. The number of aliphatic hydroxyl groups excluding tert-OH is 7. The summed E-state index contributed by atoms with van der Waals surface area (Å²) in [5, 5.41) is 76.3. The summed E-state index contributed by atoms with van der Waals surface area (Å²) in [6.07, 6.45) is 47.3. The molecule has 9 unspecified atom stereocenters. The molecule has 1 aliphatic rings. The Morgan fingerprint density at radius 1 is 0.431 bits per heavy atom. The van der Waals surface area contributed by atoms with Gasteiger partial charge in [0.1, 0.15) is 36.6 Å². The third kappa shape index (κ3) is 38.6. The van der Waals surface area contributed by atoms with E-state index in [1.165, 1.54) is 238 Å². The van der Waals surface area contributed by atoms with Crippen molar-refractivity contribution in [2.24, 2.45) is 0 Å². The van der Waals surface area contributed by atoms with Gasteiger partial charge < -0.3 is 50.5 Å². The molecule has 9 atom stereocenters. The number of hydrogen-bond acceptors (Lipinski definition) is 10. The smallest absolute Gasteiger partial charge is 0.249 e. The van der Waals surface area contributed by atoms with E-state index in [9.17, 15) is 40.5 Å². The van der Waals surface area contributed by atoms with E-state index in [0.29, 0.717) is 19.3 Å². The van der Waals surface area contributed by atoms with E-state index in [2.05, 4.69) is 19.2 Å². The van der Waals surface area contributed by atoms with E-state index in [-0.39, 0.29) is 6.42 Å². The predicted molar refractivity (Wildman–Crippen MR) is 298 cm³/mol. The van der Waals surface area contributed by atoms with Crippen molar-refractivity contribution in [1.29, 1.82) is 0 Å². The van der Waals surface area contributed by atoms with Gasteiger partial charge in [-0.05, 0) is 12.8 Å². The molecule has 1 heterocycles. The summed E-state index contributed by atoms with van der Waals surface area (Å²) < 4.78 is 11.2. The first-order valence-electron chi connectivity index (χ1n) is 31.4. The lowest BCUT2D eigenvalue weighted by Gasteiger charge is -2.40. The fourth-order valence-corrected chi connectivity index (χ4v) is 10.6. The quantitative estimate of drug-likeness (QED) is 0.0272. The number of carbonyl (C=O) groups is 1. The Hall–Kier alpha value is -0.890. The van der Waals surface area contributed by atoms with Gasteiger partial charge in [-0.2, -0.15) is 0 Å². The summed E-state index contributed by atoms with van der Waals surface area (Å²) in [6, 6.07) is -1.16. The minimum Gasteiger partial charge on any atom is -0.394 e. The molecule has 0 aromatic rings. The van der Waals surface area contributed by atoms with Gasteiger partial charge in [0.2, 0.25) is 5.91 Å². The number of unbranched alkanes of at least 4 members (excludes halogenated alkanes) is 43. The number of nitrogens with one attached hydrogen (secondary N) is 1. The second-order valence-electron chi connectivity index (χ2n) is 22.5. The monoisotopic (exact) mass is 1030 g/mol. The van der Waals surface area contributed by atoms with Gasteiger partial charge in [-0.15, -0.1) is 0 Å². The van der Waals surface area contributed by atoms with Crippen LogP contribution in [0.4, 0.5) is 0 Å². The van der Waals surface area contributed by atoms with E-state index in [1.807, 2.05) is 0 Å². The zero-order chi connectivity index (χ0) is 52.5. The van der Waals surface area contributed by atoms with E-state index in [1.54, 1.807) is 0 Å².